The Morgan fingerprint density at radius 2 is 1.67 bits per heavy atom. The Labute approximate surface area is 126 Å². The molecule has 0 saturated carbocycles. The number of hydrogen-bond acceptors (Lipinski definition) is 2. The van der Waals surface area contributed by atoms with Gasteiger partial charge in [0.05, 0.1) is 0 Å². The largest absolute Gasteiger partial charge is 0.414 e. The van der Waals surface area contributed by atoms with Crippen LogP contribution in [0.2, 0.25) is 0 Å². The molecule has 0 aliphatic carbocycles. The average Bonchev–Trinajstić information content (AvgIpc) is 2.47. The van der Waals surface area contributed by atoms with Crippen molar-refractivity contribution in [2.75, 3.05) is 14.1 Å². The molecule has 0 bridgehead atoms. The molecule has 1 amide bonds. The quantitative estimate of drug-likeness (QED) is 0.827. The first kappa shape index (κ1) is 15.1. The molecular weight excluding hydrogens is 262 g/mol. The topological polar surface area (TPSA) is 29.5 Å². The first-order valence-electron chi connectivity index (χ1n) is 7.07. The zero-order valence-electron chi connectivity index (χ0n) is 13.0. The van der Waals surface area contributed by atoms with Gasteiger partial charge in [-0.05, 0) is 28.7 Å². The zero-order valence-corrected chi connectivity index (χ0v) is 13.0. The highest BCUT2D eigenvalue weighted by atomic mass is 16.6. The fourth-order valence-electron chi connectivity index (χ4n) is 2.10. The second kappa shape index (κ2) is 6.44. The van der Waals surface area contributed by atoms with E-state index >= 15 is 0 Å². The highest BCUT2D eigenvalue weighted by molar-refractivity contribution is 5.73. The van der Waals surface area contributed by atoms with Crippen molar-refractivity contribution >= 4 is 6.09 Å². The van der Waals surface area contributed by atoms with Crippen LogP contribution in [0.5, 0.6) is 5.75 Å². The monoisotopic (exact) mass is 283 g/mol. The van der Waals surface area contributed by atoms with Crippen LogP contribution in [0, 0.1) is 0 Å². The first-order valence-corrected chi connectivity index (χ1v) is 7.07. The van der Waals surface area contributed by atoms with E-state index in [2.05, 4.69) is 19.9 Å². The molecule has 0 saturated heterocycles. The zero-order chi connectivity index (χ0) is 15.4. The van der Waals surface area contributed by atoms with Gasteiger partial charge in [0.25, 0.3) is 0 Å². The molecule has 0 N–H and O–H groups in total. The number of amides is 1. The molecule has 0 unspecified atom stereocenters. The molecule has 0 aromatic heterocycles. The fourth-order valence-corrected chi connectivity index (χ4v) is 2.10. The van der Waals surface area contributed by atoms with Gasteiger partial charge in [-0.25, -0.2) is 4.79 Å². The van der Waals surface area contributed by atoms with Gasteiger partial charge in [0.1, 0.15) is 5.75 Å². The predicted molar refractivity (Wildman–Crippen MR) is 85.7 cm³/mol. The van der Waals surface area contributed by atoms with Crippen molar-refractivity contribution in [2.24, 2.45) is 0 Å². The van der Waals surface area contributed by atoms with E-state index in [4.69, 9.17) is 4.74 Å². The Morgan fingerprint density at radius 1 is 1.00 bits per heavy atom. The summed E-state index contributed by atoms with van der Waals surface area (Å²) in [4.78, 5) is 13.3. The van der Waals surface area contributed by atoms with E-state index in [0.29, 0.717) is 11.7 Å². The van der Waals surface area contributed by atoms with Gasteiger partial charge in [-0.3, -0.25) is 0 Å². The third-order valence-corrected chi connectivity index (χ3v) is 3.31. The van der Waals surface area contributed by atoms with Gasteiger partial charge >= 0.3 is 6.09 Å². The average molecular weight is 283 g/mol. The number of carbonyl (C=O) groups is 1. The maximum atomic E-state index is 11.8. The van der Waals surface area contributed by atoms with E-state index in [1.54, 1.807) is 14.1 Å². The van der Waals surface area contributed by atoms with Crippen molar-refractivity contribution < 1.29 is 9.53 Å². The van der Waals surface area contributed by atoms with Gasteiger partial charge in [0.2, 0.25) is 0 Å². The molecule has 0 fully saturated rings. The summed E-state index contributed by atoms with van der Waals surface area (Å²) >= 11 is 0. The first-order chi connectivity index (χ1) is 9.99. The van der Waals surface area contributed by atoms with Crippen molar-refractivity contribution in [3.63, 3.8) is 0 Å². The van der Waals surface area contributed by atoms with Crippen molar-refractivity contribution in [1.29, 1.82) is 0 Å². The lowest BCUT2D eigenvalue weighted by molar-refractivity contribution is 0.171. The summed E-state index contributed by atoms with van der Waals surface area (Å²) in [6.45, 7) is 4.18. The molecule has 0 heterocycles. The standard InChI is InChI=1S/C18H21NO2/c1-13(2)16-11-10-15(14-8-6-5-7-9-14)12-17(16)21-18(20)19(3)4/h5-13H,1-4H3. The van der Waals surface area contributed by atoms with E-state index in [1.807, 2.05) is 42.5 Å². The Hall–Kier alpha value is -2.29. The number of carbonyl (C=O) groups excluding carboxylic acids is 1. The summed E-state index contributed by atoms with van der Waals surface area (Å²) in [5, 5.41) is 0. The predicted octanol–water partition coefficient (Wildman–Crippen LogP) is 4.54. The smallest absolute Gasteiger partial charge is 0.410 e. The molecule has 3 heteroatoms. The highest BCUT2D eigenvalue weighted by Crippen LogP contribution is 2.32. The minimum atomic E-state index is -0.359. The third kappa shape index (κ3) is 3.63. The van der Waals surface area contributed by atoms with Gasteiger partial charge < -0.3 is 9.64 Å². The number of rotatable bonds is 3. The van der Waals surface area contributed by atoms with E-state index in [0.717, 1.165) is 16.7 Å². The van der Waals surface area contributed by atoms with Crippen LogP contribution in [-0.2, 0) is 0 Å². The van der Waals surface area contributed by atoms with E-state index in [9.17, 15) is 4.79 Å². The van der Waals surface area contributed by atoms with Crippen LogP contribution in [0.4, 0.5) is 4.79 Å². The minimum absolute atomic E-state index is 0.291. The lowest BCUT2D eigenvalue weighted by atomic mass is 9.97. The SMILES string of the molecule is CC(C)c1ccc(-c2ccccc2)cc1OC(=O)N(C)C. The highest BCUT2D eigenvalue weighted by Gasteiger charge is 2.14. The van der Waals surface area contributed by atoms with Crippen LogP contribution in [-0.4, -0.2) is 25.1 Å². The Bertz CT molecular complexity index is 618. The van der Waals surface area contributed by atoms with Crippen molar-refractivity contribution in [2.45, 2.75) is 19.8 Å². The van der Waals surface area contributed by atoms with Crippen molar-refractivity contribution in [1.82, 2.24) is 4.90 Å². The van der Waals surface area contributed by atoms with Crippen LogP contribution in [0.3, 0.4) is 0 Å². The van der Waals surface area contributed by atoms with E-state index < -0.39 is 0 Å². The molecule has 0 aliphatic rings. The summed E-state index contributed by atoms with van der Waals surface area (Å²) in [6, 6.07) is 16.1. The lowest BCUT2D eigenvalue weighted by Crippen LogP contribution is -2.25. The second-order valence-electron chi connectivity index (χ2n) is 5.54. The molecule has 2 rings (SSSR count). The number of benzene rings is 2. The Kier molecular flexibility index (Phi) is 4.63. The summed E-state index contributed by atoms with van der Waals surface area (Å²) in [5.74, 6) is 0.921. The maximum Gasteiger partial charge on any atom is 0.414 e. The summed E-state index contributed by atoms with van der Waals surface area (Å²) in [7, 11) is 3.36. The van der Waals surface area contributed by atoms with Gasteiger partial charge in [-0.1, -0.05) is 56.3 Å². The normalized spacial score (nSPS) is 10.5. The molecule has 0 radical (unpaired) electrons. The van der Waals surface area contributed by atoms with Crippen molar-refractivity contribution in [3.05, 3.63) is 54.1 Å². The molecular formula is C18H21NO2. The van der Waals surface area contributed by atoms with Crippen LogP contribution >= 0.6 is 0 Å². The number of nitrogens with zero attached hydrogens (tertiary/aromatic N) is 1. The molecule has 0 spiro atoms. The van der Waals surface area contributed by atoms with Crippen LogP contribution < -0.4 is 4.74 Å². The lowest BCUT2D eigenvalue weighted by Gasteiger charge is -2.17. The Balaban J connectivity index is 2.42. The summed E-state index contributed by atoms with van der Waals surface area (Å²) in [5.41, 5.74) is 3.18. The van der Waals surface area contributed by atoms with E-state index in [1.165, 1.54) is 4.90 Å². The molecule has 0 aliphatic heterocycles. The van der Waals surface area contributed by atoms with Crippen molar-refractivity contribution in [3.8, 4) is 16.9 Å². The van der Waals surface area contributed by atoms with Crippen LogP contribution in [0.15, 0.2) is 48.5 Å². The molecule has 2 aromatic rings. The molecule has 2 aromatic carbocycles. The second-order valence-corrected chi connectivity index (χ2v) is 5.54. The number of hydrogen-bond donors (Lipinski definition) is 0. The van der Waals surface area contributed by atoms with Gasteiger partial charge in [-0.2, -0.15) is 0 Å². The van der Waals surface area contributed by atoms with E-state index in [-0.39, 0.29) is 6.09 Å². The van der Waals surface area contributed by atoms with Crippen LogP contribution in [0.1, 0.15) is 25.3 Å². The summed E-state index contributed by atoms with van der Waals surface area (Å²) in [6.07, 6.45) is -0.359. The number of ether oxygens (including phenoxy) is 1. The molecule has 3 nitrogen and oxygen atoms in total. The van der Waals surface area contributed by atoms with Gasteiger partial charge in [0.15, 0.2) is 0 Å². The fraction of sp³-hybridized carbons (Fsp3) is 0.278. The van der Waals surface area contributed by atoms with Crippen LogP contribution in [0.25, 0.3) is 11.1 Å². The third-order valence-electron chi connectivity index (χ3n) is 3.31. The van der Waals surface area contributed by atoms with Gasteiger partial charge in [-0.15, -0.1) is 0 Å². The summed E-state index contributed by atoms with van der Waals surface area (Å²) < 4.78 is 5.52. The molecule has 110 valence electrons. The molecule has 0 atom stereocenters. The maximum absolute atomic E-state index is 11.8. The Morgan fingerprint density at radius 3 is 2.24 bits per heavy atom. The minimum Gasteiger partial charge on any atom is -0.410 e. The van der Waals surface area contributed by atoms with Gasteiger partial charge in [0, 0.05) is 14.1 Å². The molecule has 21 heavy (non-hydrogen) atoms.